The lowest BCUT2D eigenvalue weighted by Crippen LogP contribution is -2.37. The summed E-state index contributed by atoms with van der Waals surface area (Å²) in [6.07, 6.45) is 0.162. The number of halogens is 1. The molecule has 2 aliphatic rings. The predicted molar refractivity (Wildman–Crippen MR) is 105 cm³/mol. The summed E-state index contributed by atoms with van der Waals surface area (Å²) in [5, 5.41) is 0.230. The van der Waals surface area contributed by atoms with Crippen LogP contribution >= 0.6 is 11.8 Å². The molecule has 27 heavy (non-hydrogen) atoms. The van der Waals surface area contributed by atoms with Gasteiger partial charge in [0.2, 0.25) is 0 Å². The quantitative estimate of drug-likeness (QED) is 0.787. The molecule has 2 heterocycles. The fourth-order valence-electron chi connectivity index (χ4n) is 3.41. The second-order valence-corrected chi connectivity index (χ2v) is 9.96. The average Bonchev–Trinajstić information content (AvgIpc) is 3.06. The second kappa shape index (κ2) is 7.09. The summed E-state index contributed by atoms with van der Waals surface area (Å²) < 4.78 is 37.8. The lowest BCUT2D eigenvalue weighted by atomic mass is 10.1. The van der Waals surface area contributed by atoms with Crippen LogP contribution in [0.15, 0.2) is 59.6 Å². The molecule has 2 atom stereocenters. The Morgan fingerprint density at radius 2 is 1.93 bits per heavy atom. The number of anilines is 1. The van der Waals surface area contributed by atoms with Gasteiger partial charge in [-0.3, -0.25) is 4.79 Å². The van der Waals surface area contributed by atoms with Crippen LogP contribution < -0.4 is 4.90 Å². The summed E-state index contributed by atoms with van der Waals surface area (Å²) >= 11 is 1.28. The van der Waals surface area contributed by atoms with Gasteiger partial charge in [-0.2, -0.15) is 4.99 Å². The minimum absolute atomic E-state index is 0.0208. The van der Waals surface area contributed by atoms with Gasteiger partial charge < -0.3 is 4.90 Å². The Kier molecular flexibility index (Phi) is 4.77. The topological polar surface area (TPSA) is 66.8 Å². The van der Waals surface area contributed by atoms with Crippen LogP contribution in [0.5, 0.6) is 0 Å². The zero-order valence-electron chi connectivity index (χ0n) is 14.3. The fraction of sp³-hybridized carbons (Fsp3) is 0.263. The van der Waals surface area contributed by atoms with Gasteiger partial charge in [0.25, 0.3) is 5.91 Å². The van der Waals surface area contributed by atoms with E-state index in [0.29, 0.717) is 10.9 Å². The van der Waals surface area contributed by atoms with Gasteiger partial charge in [0.1, 0.15) is 5.82 Å². The third-order valence-corrected chi connectivity index (χ3v) is 7.78. The van der Waals surface area contributed by atoms with Crippen molar-refractivity contribution in [3.05, 3.63) is 66.0 Å². The van der Waals surface area contributed by atoms with Crippen molar-refractivity contribution in [2.24, 2.45) is 4.99 Å². The number of carbonyl (C=O) groups is 1. The lowest BCUT2D eigenvalue weighted by molar-refractivity contribution is -0.117. The molecule has 4 rings (SSSR count). The van der Waals surface area contributed by atoms with Crippen LogP contribution in [0.3, 0.4) is 0 Å². The molecule has 5 nitrogen and oxygen atoms in total. The molecule has 1 amide bonds. The van der Waals surface area contributed by atoms with Crippen molar-refractivity contribution in [1.82, 2.24) is 0 Å². The molecule has 2 aromatic carbocycles. The molecule has 2 aliphatic heterocycles. The van der Waals surface area contributed by atoms with Crippen molar-refractivity contribution in [2.45, 2.75) is 17.7 Å². The fourth-order valence-corrected chi connectivity index (χ4v) is 7.34. The maximum atomic E-state index is 13.7. The van der Waals surface area contributed by atoms with Crippen LogP contribution in [0, 0.1) is 5.82 Å². The molecule has 0 unspecified atom stereocenters. The minimum atomic E-state index is -3.15. The number of hydrogen-bond acceptors (Lipinski definition) is 4. The van der Waals surface area contributed by atoms with Gasteiger partial charge in [-0.05, 0) is 23.8 Å². The van der Waals surface area contributed by atoms with Crippen molar-refractivity contribution in [3.63, 3.8) is 0 Å². The highest BCUT2D eigenvalue weighted by molar-refractivity contribution is 8.16. The Morgan fingerprint density at radius 3 is 2.67 bits per heavy atom. The van der Waals surface area contributed by atoms with Gasteiger partial charge in [0, 0.05) is 10.9 Å². The van der Waals surface area contributed by atoms with Crippen LogP contribution in [0.4, 0.5) is 10.1 Å². The molecule has 140 valence electrons. The van der Waals surface area contributed by atoms with Crippen molar-refractivity contribution in [3.8, 4) is 0 Å². The van der Waals surface area contributed by atoms with E-state index in [1.807, 2.05) is 30.3 Å². The van der Waals surface area contributed by atoms with E-state index in [4.69, 9.17) is 0 Å². The van der Waals surface area contributed by atoms with E-state index in [1.54, 1.807) is 17.0 Å². The number of fused-ring (bicyclic) bond motifs is 1. The van der Waals surface area contributed by atoms with Crippen LogP contribution in [-0.4, -0.2) is 42.3 Å². The molecule has 2 fully saturated rings. The predicted octanol–water partition coefficient (Wildman–Crippen LogP) is 2.67. The van der Waals surface area contributed by atoms with E-state index in [-0.39, 0.29) is 35.1 Å². The summed E-state index contributed by atoms with van der Waals surface area (Å²) in [5.74, 6) is -0.711. The van der Waals surface area contributed by atoms with Crippen molar-refractivity contribution in [2.75, 3.05) is 16.4 Å². The van der Waals surface area contributed by atoms with Crippen molar-refractivity contribution < 1.29 is 17.6 Å². The maximum absolute atomic E-state index is 13.7. The number of nitrogens with zero attached hydrogens (tertiary/aromatic N) is 2. The Bertz CT molecular complexity index is 1010. The first-order valence-electron chi connectivity index (χ1n) is 8.49. The first kappa shape index (κ1) is 18.2. The highest BCUT2D eigenvalue weighted by Gasteiger charge is 2.49. The Morgan fingerprint density at radius 1 is 1.15 bits per heavy atom. The van der Waals surface area contributed by atoms with Crippen molar-refractivity contribution >= 4 is 38.4 Å². The highest BCUT2D eigenvalue weighted by Crippen LogP contribution is 2.41. The number of aliphatic imine (C=N–C) groups is 1. The SMILES string of the molecule is O=C(Cc1ccccc1)N=C1S[C@H]2CS(=O)(=O)C[C@H]2N1c1cccc(F)c1. The van der Waals surface area contributed by atoms with Crippen LogP contribution in [0.2, 0.25) is 0 Å². The van der Waals surface area contributed by atoms with Gasteiger partial charge in [-0.15, -0.1) is 0 Å². The Balaban J connectivity index is 1.65. The molecule has 8 heteroatoms. The third-order valence-electron chi connectivity index (χ3n) is 4.57. The van der Waals surface area contributed by atoms with E-state index >= 15 is 0 Å². The van der Waals surface area contributed by atoms with Gasteiger partial charge in [0.05, 0.1) is 24.0 Å². The van der Waals surface area contributed by atoms with E-state index in [1.165, 1.54) is 23.9 Å². The van der Waals surface area contributed by atoms with Crippen molar-refractivity contribution in [1.29, 1.82) is 0 Å². The first-order chi connectivity index (χ1) is 12.9. The van der Waals surface area contributed by atoms with E-state index < -0.39 is 15.7 Å². The van der Waals surface area contributed by atoms with Gasteiger partial charge in [-0.1, -0.05) is 48.2 Å². The molecular weight excluding hydrogens is 387 g/mol. The molecule has 0 saturated carbocycles. The molecule has 0 aromatic heterocycles. The van der Waals surface area contributed by atoms with Gasteiger partial charge in [-0.25, -0.2) is 12.8 Å². The first-order valence-corrected chi connectivity index (χ1v) is 11.2. The lowest BCUT2D eigenvalue weighted by Gasteiger charge is -2.24. The molecule has 2 aromatic rings. The number of benzene rings is 2. The third kappa shape index (κ3) is 3.91. The van der Waals surface area contributed by atoms with Gasteiger partial charge >= 0.3 is 0 Å². The zero-order valence-corrected chi connectivity index (χ0v) is 15.9. The summed E-state index contributed by atoms with van der Waals surface area (Å²) in [7, 11) is -3.15. The number of rotatable bonds is 3. The van der Waals surface area contributed by atoms with Crippen LogP contribution in [0.25, 0.3) is 0 Å². The van der Waals surface area contributed by atoms with E-state index in [0.717, 1.165) is 5.56 Å². The highest BCUT2D eigenvalue weighted by atomic mass is 32.2. The molecule has 0 N–H and O–H groups in total. The summed E-state index contributed by atoms with van der Waals surface area (Å²) in [5.41, 5.74) is 1.37. The average molecular weight is 404 g/mol. The zero-order chi connectivity index (χ0) is 19.0. The standard InChI is InChI=1S/C19H17FN2O3S2/c20-14-7-4-8-15(10-14)22-16-11-27(24,25)12-17(16)26-19(22)21-18(23)9-13-5-2-1-3-6-13/h1-8,10,16-17H,9,11-12H2/t16-,17+/m1/s1. The normalized spacial score (nSPS) is 24.9. The Labute approximate surface area is 161 Å². The maximum Gasteiger partial charge on any atom is 0.252 e. The van der Waals surface area contributed by atoms with E-state index in [9.17, 15) is 17.6 Å². The van der Waals surface area contributed by atoms with E-state index in [2.05, 4.69) is 4.99 Å². The largest absolute Gasteiger partial charge is 0.315 e. The molecule has 0 spiro atoms. The summed E-state index contributed by atoms with van der Waals surface area (Å²) in [4.78, 5) is 18.4. The second-order valence-electron chi connectivity index (χ2n) is 6.60. The number of sulfone groups is 1. The molecule has 0 aliphatic carbocycles. The molecule has 0 bridgehead atoms. The number of hydrogen-bond donors (Lipinski definition) is 0. The molecule has 0 radical (unpaired) electrons. The number of carbonyl (C=O) groups excluding carboxylic acids is 1. The van der Waals surface area contributed by atoms with Crippen LogP contribution in [-0.2, 0) is 21.1 Å². The summed E-state index contributed by atoms with van der Waals surface area (Å²) in [6, 6.07) is 14.9. The summed E-state index contributed by atoms with van der Waals surface area (Å²) in [6.45, 7) is 0. The number of amides is 1. The minimum Gasteiger partial charge on any atom is -0.315 e. The number of thioether (sulfide) groups is 1. The van der Waals surface area contributed by atoms with Crippen LogP contribution in [0.1, 0.15) is 5.56 Å². The molecular formula is C19H17FN2O3S2. The molecule has 2 saturated heterocycles. The Hall–Kier alpha value is -2.19. The smallest absolute Gasteiger partial charge is 0.252 e. The van der Waals surface area contributed by atoms with Gasteiger partial charge in [0.15, 0.2) is 15.0 Å². The number of amidine groups is 1. The monoisotopic (exact) mass is 404 g/mol.